The SMILES string of the molecule is C[C@@H]1CCC[C@H](C)N1c1nnc2ccc(O[C@@H]3CCC(NC(=O)Nc4cc(C(C)(C)C#N)nn4-c4cccc(OCCN(C)C)c4)c4ccccc43)cn12. The van der Waals surface area contributed by atoms with Gasteiger partial charge in [0.2, 0.25) is 5.95 Å². The number of piperidine rings is 1. The number of hydrogen-bond acceptors (Lipinski definition) is 9. The average molecular weight is 731 g/mol. The number of urea groups is 1. The first kappa shape index (κ1) is 36.7. The van der Waals surface area contributed by atoms with Crippen molar-refractivity contribution in [3.8, 4) is 23.3 Å². The van der Waals surface area contributed by atoms with Gasteiger partial charge in [0, 0.05) is 30.8 Å². The number of rotatable bonds is 11. The lowest BCUT2D eigenvalue weighted by Crippen LogP contribution is -2.44. The van der Waals surface area contributed by atoms with E-state index < -0.39 is 5.41 Å². The summed E-state index contributed by atoms with van der Waals surface area (Å²) in [4.78, 5) is 18.2. The minimum atomic E-state index is -0.875. The zero-order valence-electron chi connectivity index (χ0n) is 32.0. The molecule has 1 saturated heterocycles. The molecule has 3 aromatic heterocycles. The molecule has 13 heteroatoms. The van der Waals surface area contributed by atoms with Crippen molar-refractivity contribution in [1.29, 1.82) is 5.26 Å². The summed E-state index contributed by atoms with van der Waals surface area (Å²) >= 11 is 0. The lowest BCUT2D eigenvalue weighted by molar-refractivity contribution is 0.171. The van der Waals surface area contributed by atoms with Crippen molar-refractivity contribution in [3.05, 3.63) is 89.7 Å². The first-order chi connectivity index (χ1) is 26.0. The Hall–Kier alpha value is -5.61. The summed E-state index contributed by atoms with van der Waals surface area (Å²) < 4.78 is 16.4. The molecule has 4 heterocycles. The van der Waals surface area contributed by atoms with Crippen molar-refractivity contribution >= 4 is 23.4 Å². The van der Waals surface area contributed by atoms with Crippen molar-refractivity contribution in [2.24, 2.45) is 0 Å². The number of anilines is 2. The second kappa shape index (κ2) is 15.4. The van der Waals surface area contributed by atoms with E-state index in [4.69, 9.17) is 14.6 Å². The maximum atomic E-state index is 13.7. The van der Waals surface area contributed by atoms with Crippen LogP contribution >= 0.6 is 0 Å². The standard InChI is InChI=1S/C41H50N10O3/c1-27-11-9-12-28(2)50(27)40-46-45-37-20-17-31(25-49(37)40)54-35-19-18-34(32-15-7-8-16-33(32)35)43-39(52)44-38-24-36(41(3,4)26-42)47-51(38)29-13-10-14-30(23-29)53-22-21-48(5)6/h7-8,10,13-17,20,23-25,27-28,34-35H,9,11-12,18-19,21-22H2,1-6H3,(H2,43,44,52)/t27-,28+,34?,35-/m1/s1. The highest BCUT2D eigenvalue weighted by molar-refractivity contribution is 5.89. The molecule has 282 valence electrons. The molecule has 2 aliphatic rings. The molecular weight excluding hydrogens is 681 g/mol. The third kappa shape index (κ3) is 7.70. The number of benzene rings is 2. The number of amides is 2. The predicted molar refractivity (Wildman–Crippen MR) is 208 cm³/mol. The Balaban J connectivity index is 1.08. The van der Waals surface area contributed by atoms with E-state index in [0.717, 1.165) is 47.9 Å². The molecular formula is C41H50N10O3. The van der Waals surface area contributed by atoms with Gasteiger partial charge in [-0.1, -0.05) is 30.3 Å². The third-order valence-corrected chi connectivity index (χ3v) is 10.5. The van der Waals surface area contributed by atoms with Gasteiger partial charge in [0.15, 0.2) is 5.65 Å². The van der Waals surface area contributed by atoms with Gasteiger partial charge in [0.05, 0.1) is 35.1 Å². The summed E-state index contributed by atoms with van der Waals surface area (Å²) in [5, 5.41) is 29.9. The number of aromatic nitrogens is 5. The molecule has 4 atom stereocenters. The number of pyridine rings is 1. The molecule has 1 fully saturated rings. The Labute approximate surface area is 316 Å². The molecule has 2 N–H and O–H groups in total. The summed E-state index contributed by atoms with van der Waals surface area (Å²) in [6, 6.07) is 23.8. The first-order valence-corrected chi connectivity index (χ1v) is 18.9. The largest absolute Gasteiger partial charge is 0.492 e. The number of ether oxygens (including phenoxy) is 2. The van der Waals surface area contributed by atoms with Gasteiger partial charge in [-0.05, 0) is 109 Å². The van der Waals surface area contributed by atoms with E-state index in [2.05, 4.69) is 62.7 Å². The van der Waals surface area contributed by atoms with Crippen LogP contribution in [0.2, 0.25) is 0 Å². The second-order valence-electron chi connectivity index (χ2n) is 15.3. The summed E-state index contributed by atoms with van der Waals surface area (Å²) in [6.07, 6.45) is 6.66. The monoisotopic (exact) mass is 730 g/mol. The molecule has 2 aromatic carbocycles. The topological polar surface area (TPSA) is 138 Å². The predicted octanol–water partition coefficient (Wildman–Crippen LogP) is 7.20. The number of nitrogens with zero attached hydrogens (tertiary/aromatic N) is 8. The molecule has 2 amide bonds. The van der Waals surface area contributed by atoms with Crippen LogP contribution in [0, 0.1) is 11.3 Å². The van der Waals surface area contributed by atoms with Crippen LogP contribution in [0.15, 0.2) is 72.9 Å². The van der Waals surface area contributed by atoms with Gasteiger partial charge in [-0.3, -0.25) is 9.72 Å². The molecule has 0 bridgehead atoms. The average Bonchev–Trinajstić information content (AvgIpc) is 3.77. The molecule has 13 nitrogen and oxygen atoms in total. The van der Waals surface area contributed by atoms with Gasteiger partial charge >= 0.3 is 6.03 Å². The number of carbonyl (C=O) groups excluding carboxylic acids is 1. The molecule has 1 aliphatic heterocycles. The quantitative estimate of drug-likeness (QED) is 0.145. The number of fused-ring (bicyclic) bond motifs is 2. The van der Waals surface area contributed by atoms with E-state index in [1.54, 1.807) is 24.6 Å². The van der Waals surface area contributed by atoms with Crippen molar-refractivity contribution in [2.75, 3.05) is 37.5 Å². The molecule has 0 spiro atoms. The lowest BCUT2D eigenvalue weighted by Gasteiger charge is -2.39. The highest BCUT2D eigenvalue weighted by Gasteiger charge is 2.32. The Morgan fingerprint density at radius 3 is 2.50 bits per heavy atom. The van der Waals surface area contributed by atoms with Gasteiger partial charge < -0.3 is 24.6 Å². The fraction of sp³-hybridized carbons (Fsp3) is 0.439. The summed E-state index contributed by atoms with van der Waals surface area (Å²) in [5.74, 6) is 2.71. The van der Waals surface area contributed by atoms with Crippen LogP contribution in [-0.2, 0) is 5.41 Å². The zero-order valence-corrected chi connectivity index (χ0v) is 32.0. The van der Waals surface area contributed by atoms with Gasteiger partial charge in [0.1, 0.15) is 30.0 Å². The van der Waals surface area contributed by atoms with E-state index in [-0.39, 0.29) is 18.2 Å². The van der Waals surface area contributed by atoms with Gasteiger partial charge in [0.25, 0.3) is 0 Å². The van der Waals surface area contributed by atoms with Gasteiger partial charge in [-0.25, -0.2) is 9.48 Å². The van der Waals surface area contributed by atoms with Gasteiger partial charge in [-0.15, -0.1) is 10.2 Å². The minimum Gasteiger partial charge on any atom is -0.492 e. The molecule has 1 aliphatic carbocycles. The normalized spacial score (nSPS) is 20.0. The van der Waals surface area contributed by atoms with Crippen LogP contribution in [0.5, 0.6) is 11.5 Å². The van der Waals surface area contributed by atoms with Crippen molar-refractivity contribution in [2.45, 2.75) is 89.4 Å². The third-order valence-electron chi connectivity index (χ3n) is 10.5. The van der Waals surface area contributed by atoms with Crippen LogP contribution in [0.3, 0.4) is 0 Å². The Morgan fingerprint density at radius 2 is 1.74 bits per heavy atom. The number of likely N-dealkylation sites (N-methyl/N-ethyl adjacent to an activating group) is 1. The highest BCUT2D eigenvalue weighted by Crippen LogP contribution is 2.39. The smallest absolute Gasteiger partial charge is 0.320 e. The van der Waals surface area contributed by atoms with E-state index in [9.17, 15) is 10.1 Å². The number of nitrogens with one attached hydrogen (secondary N) is 2. The van der Waals surface area contributed by atoms with Crippen LogP contribution in [0.1, 0.15) is 88.8 Å². The summed E-state index contributed by atoms with van der Waals surface area (Å²) in [7, 11) is 3.99. The fourth-order valence-corrected chi connectivity index (χ4v) is 7.50. The van der Waals surface area contributed by atoms with Crippen molar-refractivity contribution in [1.82, 2.24) is 34.6 Å². The Kier molecular flexibility index (Phi) is 10.5. The fourth-order valence-electron chi connectivity index (χ4n) is 7.50. The number of nitriles is 1. The molecule has 0 radical (unpaired) electrons. The molecule has 1 unspecified atom stereocenters. The van der Waals surface area contributed by atoms with E-state index >= 15 is 0 Å². The second-order valence-corrected chi connectivity index (χ2v) is 15.3. The first-order valence-electron chi connectivity index (χ1n) is 18.9. The van der Waals surface area contributed by atoms with Crippen molar-refractivity contribution < 1.29 is 14.3 Å². The Bertz CT molecular complexity index is 2140. The van der Waals surface area contributed by atoms with Crippen LogP contribution in [-0.4, -0.2) is 74.6 Å². The Morgan fingerprint density at radius 1 is 0.963 bits per heavy atom. The maximum Gasteiger partial charge on any atom is 0.320 e. The van der Waals surface area contributed by atoms with Crippen LogP contribution in [0.25, 0.3) is 11.3 Å². The maximum absolute atomic E-state index is 13.7. The summed E-state index contributed by atoms with van der Waals surface area (Å²) in [6.45, 7) is 9.42. The highest BCUT2D eigenvalue weighted by atomic mass is 16.5. The van der Waals surface area contributed by atoms with E-state index in [0.29, 0.717) is 54.5 Å². The zero-order chi connectivity index (χ0) is 38.0. The van der Waals surface area contributed by atoms with E-state index in [1.807, 2.05) is 73.2 Å². The number of hydrogen-bond donors (Lipinski definition) is 2. The minimum absolute atomic E-state index is 0.197. The van der Waals surface area contributed by atoms with E-state index in [1.165, 1.54) is 6.42 Å². The molecule has 7 rings (SSSR count). The van der Waals surface area contributed by atoms with Crippen LogP contribution in [0.4, 0.5) is 16.6 Å². The van der Waals surface area contributed by atoms with Gasteiger partial charge in [-0.2, -0.15) is 10.4 Å². The van der Waals surface area contributed by atoms with Crippen LogP contribution < -0.4 is 25.0 Å². The molecule has 0 saturated carbocycles. The molecule has 54 heavy (non-hydrogen) atoms. The molecule has 5 aromatic rings. The summed E-state index contributed by atoms with van der Waals surface area (Å²) in [5.41, 5.74) is 3.19. The lowest BCUT2D eigenvalue weighted by atomic mass is 9.85. The van der Waals surface area contributed by atoms with Crippen molar-refractivity contribution in [3.63, 3.8) is 0 Å². The number of carbonyl (C=O) groups is 1.